The molecule has 0 aromatic heterocycles. The lowest BCUT2D eigenvalue weighted by Gasteiger charge is -2.20. The van der Waals surface area contributed by atoms with Crippen molar-refractivity contribution in [2.75, 3.05) is 0 Å². The number of hydrogen-bond acceptors (Lipinski definition) is 1. The van der Waals surface area contributed by atoms with Gasteiger partial charge in [0.25, 0.3) is 0 Å². The minimum Gasteiger partial charge on any atom is -0.299 e. The third-order valence-corrected chi connectivity index (χ3v) is 4.51. The first-order valence-corrected chi connectivity index (χ1v) is 8.35. The van der Waals surface area contributed by atoms with Gasteiger partial charge < -0.3 is 0 Å². The molecule has 0 saturated carbocycles. The molecule has 0 saturated heterocycles. The number of carbonyl (C=O) groups excluding carboxylic acids is 1. The molecule has 2 atom stereocenters. The largest absolute Gasteiger partial charge is 0.299 e. The van der Waals surface area contributed by atoms with Crippen molar-refractivity contribution in [1.29, 1.82) is 0 Å². The Balaban J connectivity index is 3.08. The Kier molecular flexibility index (Phi) is 7.14. The van der Waals surface area contributed by atoms with E-state index in [9.17, 15) is 4.79 Å². The first-order chi connectivity index (χ1) is 9.81. The fraction of sp³-hybridized carbons (Fsp3) is 0.650. The first kappa shape index (κ1) is 17.9. The number of hydrogen-bond donors (Lipinski definition) is 0. The molecule has 0 N–H and O–H groups in total. The maximum atomic E-state index is 12.6. The summed E-state index contributed by atoms with van der Waals surface area (Å²) in [5.41, 5.74) is 3.86. The molecule has 118 valence electrons. The van der Waals surface area contributed by atoms with Crippen LogP contribution in [-0.2, 0) is 4.79 Å². The zero-order valence-corrected chi connectivity index (χ0v) is 14.5. The van der Waals surface area contributed by atoms with Gasteiger partial charge in [-0.15, -0.1) is 0 Å². The highest BCUT2D eigenvalue weighted by Gasteiger charge is 2.21. The highest BCUT2D eigenvalue weighted by atomic mass is 16.1. The zero-order chi connectivity index (χ0) is 16.0. The van der Waals surface area contributed by atoms with Crippen LogP contribution < -0.4 is 0 Å². The van der Waals surface area contributed by atoms with E-state index in [1.54, 1.807) is 0 Å². The van der Waals surface area contributed by atoms with Crippen LogP contribution in [0, 0.1) is 17.8 Å². The van der Waals surface area contributed by atoms with Gasteiger partial charge in [0, 0.05) is 6.42 Å². The number of rotatable bonds is 2. The van der Waals surface area contributed by atoms with E-state index >= 15 is 0 Å². The predicted octanol–water partition coefficient (Wildman–Crippen LogP) is 5.88. The van der Waals surface area contributed by atoms with Crippen LogP contribution in [0.1, 0.15) is 66.7 Å². The van der Waals surface area contributed by atoms with Crippen LogP contribution in [0.2, 0.25) is 0 Å². The summed E-state index contributed by atoms with van der Waals surface area (Å²) in [6, 6.07) is 0. The third-order valence-electron chi connectivity index (χ3n) is 4.51. The molecule has 1 aliphatic carbocycles. The molecule has 0 aromatic carbocycles. The van der Waals surface area contributed by atoms with E-state index in [4.69, 9.17) is 0 Å². The molecule has 0 heterocycles. The van der Waals surface area contributed by atoms with E-state index in [0.29, 0.717) is 24.0 Å². The number of allylic oxidation sites excluding steroid dienone is 5. The van der Waals surface area contributed by atoms with Crippen molar-refractivity contribution in [1.82, 2.24) is 0 Å². The van der Waals surface area contributed by atoms with Gasteiger partial charge in [-0.05, 0) is 51.4 Å². The van der Waals surface area contributed by atoms with E-state index < -0.39 is 0 Å². The normalized spacial score (nSPS) is 30.7. The summed E-state index contributed by atoms with van der Waals surface area (Å²) >= 11 is 0. The summed E-state index contributed by atoms with van der Waals surface area (Å²) in [6.45, 7) is 14.9. The van der Waals surface area contributed by atoms with Crippen molar-refractivity contribution in [2.45, 2.75) is 66.7 Å². The van der Waals surface area contributed by atoms with Gasteiger partial charge in [-0.2, -0.15) is 0 Å². The molecule has 0 spiro atoms. The van der Waals surface area contributed by atoms with Crippen LogP contribution in [0.25, 0.3) is 0 Å². The van der Waals surface area contributed by atoms with E-state index in [-0.39, 0.29) is 5.92 Å². The molecule has 0 aromatic rings. The lowest BCUT2D eigenvalue weighted by Crippen LogP contribution is -2.18. The highest BCUT2D eigenvalue weighted by molar-refractivity contribution is 5.85. The third kappa shape index (κ3) is 6.03. The van der Waals surface area contributed by atoms with Gasteiger partial charge in [0.15, 0.2) is 0 Å². The van der Waals surface area contributed by atoms with Crippen LogP contribution >= 0.6 is 0 Å². The molecule has 0 fully saturated rings. The number of Topliss-reactive ketones (excluding diaryl/α,β-unsaturated/α-hetero) is 1. The van der Waals surface area contributed by atoms with Gasteiger partial charge in [0.2, 0.25) is 0 Å². The van der Waals surface area contributed by atoms with Gasteiger partial charge in [-0.1, -0.05) is 56.2 Å². The Labute approximate surface area is 131 Å². The summed E-state index contributed by atoms with van der Waals surface area (Å²) in [4.78, 5) is 12.6. The zero-order valence-electron chi connectivity index (χ0n) is 14.5. The quantitative estimate of drug-likeness (QED) is 0.580. The van der Waals surface area contributed by atoms with Crippen molar-refractivity contribution >= 4 is 5.78 Å². The maximum Gasteiger partial charge on any atom is 0.144 e. The maximum absolute atomic E-state index is 12.6. The van der Waals surface area contributed by atoms with Crippen molar-refractivity contribution in [2.24, 2.45) is 17.8 Å². The molecule has 0 aliphatic heterocycles. The van der Waals surface area contributed by atoms with Gasteiger partial charge >= 0.3 is 0 Å². The Morgan fingerprint density at radius 2 is 2.00 bits per heavy atom. The molecule has 21 heavy (non-hydrogen) atoms. The van der Waals surface area contributed by atoms with Crippen LogP contribution in [0.15, 0.2) is 35.5 Å². The molecule has 0 bridgehead atoms. The minimum absolute atomic E-state index is 0.0893. The average molecular weight is 288 g/mol. The minimum atomic E-state index is -0.0893. The standard InChI is InChI=1S/C20H32O/c1-14(2)18-11-10-16(5)8-7-9-17(6)12-20(21)19(13-18)15(3)4/h8,13-14,17,19H,3,7,9-12H2,1-2,4-6H3/b16-8+,18-13-/t17-,19-/m0/s1. The topological polar surface area (TPSA) is 17.1 Å². The second kappa shape index (κ2) is 8.36. The summed E-state index contributed by atoms with van der Waals surface area (Å²) < 4.78 is 0. The fourth-order valence-electron chi connectivity index (χ4n) is 2.92. The highest BCUT2D eigenvalue weighted by Crippen LogP contribution is 2.27. The second-order valence-electron chi connectivity index (χ2n) is 7.12. The Morgan fingerprint density at radius 1 is 1.33 bits per heavy atom. The number of ketones is 1. The van der Waals surface area contributed by atoms with Crippen LogP contribution in [0.3, 0.4) is 0 Å². The Bertz CT molecular complexity index is 437. The summed E-state index contributed by atoms with van der Waals surface area (Å²) in [6.07, 6.45) is 9.60. The van der Waals surface area contributed by atoms with Gasteiger partial charge in [0.1, 0.15) is 5.78 Å². The Morgan fingerprint density at radius 3 is 2.57 bits per heavy atom. The van der Waals surface area contributed by atoms with Crippen molar-refractivity contribution in [3.05, 3.63) is 35.5 Å². The summed E-state index contributed by atoms with van der Waals surface area (Å²) in [5, 5.41) is 0. The van der Waals surface area contributed by atoms with Crippen molar-refractivity contribution in [3.63, 3.8) is 0 Å². The van der Waals surface area contributed by atoms with E-state index in [2.05, 4.69) is 46.4 Å². The lowest BCUT2D eigenvalue weighted by molar-refractivity contribution is -0.121. The second-order valence-corrected chi connectivity index (χ2v) is 7.12. The molecule has 1 nitrogen and oxygen atoms in total. The monoisotopic (exact) mass is 288 g/mol. The summed E-state index contributed by atoms with van der Waals surface area (Å²) in [7, 11) is 0. The predicted molar refractivity (Wildman–Crippen MR) is 92.2 cm³/mol. The van der Waals surface area contributed by atoms with E-state index in [0.717, 1.165) is 31.3 Å². The molecule has 0 radical (unpaired) electrons. The molecular formula is C20H32O. The van der Waals surface area contributed by atoms with Gasteiger partial charge in [0.05, 0.1) is 5.92 Å². The molecule has 0 amide bonds. The molecular weight excluding hydrogens is 256 g/mol. The van der Waals surface area contributed by atoms with Gasteiger partial charge in [-0.3, -0.25) is 4.79 Å². The van der Waals surface area contributed by atoms with Crippen LogP contribution in [-0.4, -0.2) is 5.78 Å². The SMILES string of the molecule is C=C(C)[C@@H]1/C=C(\C(C)C)CC/C(C)=C/CC[C@H](C)CC1=O. The van der Waals surface area contributed by atoms with Crippen molar-refractivity contribution in [3.8, 4) is 0 Å². The van der Waals surface area contributed by atoms with Crippen LogP contribution in [0.5, 0.6) is 0 Å². The first-order valence-electron chi connectivity index (χ1n) is 8.35. The van der Waals surface area contributed by atoms with Crippen molar-refractivity contribution < 1.29 is 4.79 Å². The Hall–Kier alpha value is -1.11. The van der Waals surface area contributed by atoms with E-state index in [1.165, 1.54) is 11.1 Å². The average Bonchev–Trinajstić information content (AvgIpc) is 2.36. The molecule has 0 unspecified atom stereocenters. The summed E-state index contributed by atoms with van der Waals surface area (Å²) in [5.74, 6) is 1.20. The van der Waals surface area contributed by atoms with Gasteiger partial charge in [-0.25, -0.2) is 0 Å². The number of carbonyl (C=O) groups is 1. The molecule has 1 aliphatic rings. The van der Waals surface area contributed by atoms with E-state index in [1.807, 2.05) is 6.92 Å². The lowest BCUT2D eigenvalue weighted by atomic mass is 9.84. The smallest absolute Gasteiger partial charge is 0.144 e. The van der Waals surface area contributed by atoms with Crippen LogP contribution in [0.4, 0.5) is 0 Å². The molecule has 1 heteroatoms. The fourth-order valence-corrected chi connectivity index (χ4v) is 2.92. The molecule has 1 rings (SSSR count).